The highest BCUT2D eigenvalue weighted by Gasteiger charge is 2.37. The summed E-state index contributed by atoms with van der Waals surface area (Å²) in [7, 11) is 1.64. The van der Waals surface area contributed by atoms with Gasteiger partial charge in [-0.3, -0.25) is 9.69 Å². The molecule has 0 spiro atoms. The van der Waals surface area contributed by atoms with E-state index in [1.54, 1.807) is 7.11 Å². The second-order valence-electron chi connectivity index (χ2n) is 7.78. The molecular weight excluding hydrogens is 342 g/mol. The Morgan fingerprint density at radius 2 is 1.96 bits per heavy atom. The van der Waals surface area contributed by atoms with Gasteiger partial charge in [0.25, 0.3) is 5.91 Å². The number of fused-ring (bicyclic) bond motifs is 4. The summed E-state index contributed by atoms with van der Waals surface area (Å²) in [6, 6.07) is 7.70. The number of methoxy groups -OCH3 is 1. The molecule has 3 aliphatic heterocycles. The molecule has 4 heterocycles. The van der Waals surface area contributed by atoms with E-state index < -0.39 is 0 Å². The average molecular weight is 369 g/mol. The molecule has 3 saturated heterocycles. The van der Waals surface area contributed by atoms with Gasteiger partial charge in [0.05, 0.1) is 12.8 Å². The summed E-state index contributed by atoms with van der Waals surface area (Å²) < 4.78 is 10.5. The third-order valence-corrected chi connectivity index (χ3v) is 5.95. The van der Waals surface area contributed by atoms with Gasteiger partial charge >= 0.3 is 0 Å². The van der Waals surface area contributed by atoms with E-state index in [4.69, 9.17) is 9.26 Å². The fraction of sp³-hybridized carbons (Fsp3) is 0.524. The Hall–Kier alpha value is -2.34. The maximum absolute atomic E-state index is 13.1. The zero-order chi connectivity index (χ0) is 19.0. The van der Waals surface area contributed by atoms with Crippen molar-refractivity contribution in [1.82, 2.24) is 15.0 Å². The van der Waals surface area contributed by atoms with Crippen molar-refractivity contribution in [2.24, 2.45) is 5.92 Å². The monoisotopic (exact) mass is 369 g/mol. The number of amides is 1. The molecule has 3 aliphatic rings. The van der Waals surface area contributed by atoms with Crippen LogP contribution in [0.3, 0.4) is 0 Å². The van der Waals surface area contributed by atoms with E-state index in [1.807, 2.05) is 38.1 Å². The number of piperidine rings is 1. The van der Waals surface area contributed by atoms with Crippen LogP contribution in [-0.2, 0) is 6.54 Å². The van der Waals surface area contributed by atoms with Crippen molar-refractivity contribution in [2.75, 3.05) is 26.7 Å². The Kier molecular flexibility index (Phi) is 4.91. The average Bonchev–Trinajstić information content (AvgIpc) is 2.86. The van der Waals surface area contributed by atoms with E-state index in [1.165, 1.54) is 12.0 Å². The molecule has 0 saturated carbocycles. The summed E-state index contributed by atoms with van der Waals surface area (Å²) in [6.45, 7) is 7.58. The number of rotatable bonds is 4. The Labute approximate surface area is 160 Å². The molecule has 0 aliphatic carbocycles. The number of aryl methyl sites for hydroxylation is 2. The maximum Gasteiger partial charge on any atom is 0.254 e. The Morgan fingerprint density at radius 3 is 2.63 bits per heavy atom. The molecule has 1 amide bonds. The Balaban J connectivity index is 1.50. The van der Waals surface area contributed by atoms with E-state index in [-0.39, 0.29) is 11.9 Å². The van der Waals surface area contributed by atoms with Crippen molar-refractivity contribution in [3.8, 4) is 5.75 Å². The van der Waals surface area contributed by atoms with Crippen molar-refractivity contribution >= 4 is 5.91 Å². The third-order valence-electron chi connectivity index (χ3n) is 5.95. The fourth-order valence-electron chi connectivity index (χ4n) is 4.41. The van der Waals surface area contributed by atoms with Crippen LogP contribution in [0.4, 0.5) is 0 Å². The summed E-state index contributed by atoms with van der Waals surface area (Å²) in [4.78, 5) is 17.7. The maximum atomic E-state index is 13.1. The molecule has 2 atom stereocenters. The molecule has 5 rings (SSSR count). The third kappa shape index (κ3) is 3.58. The first kappa shape index (κ1) is 18.0. The molecule has 0 radical (unpaired) electrons. The molecule has 144 valence electrons. The second-order valence-corrected chi connectivity index (χ2v) is 7.78. The first-order valence-corrected chi connectivity index (χ1v) is 9.64. The van der Waals surface area contributed by atoms with E-state index in [9.17, 15) is 4.79 Å². The second kappa shape index (κ2) is 7.35. The molecule has 1 aromatic carbocycles. The van der Waals surface area contributed by atoms with Gasteiger partial charge < -0.3 is 14.2 Å². The van der Waals surface area contributed by atoms with Crippen LogP contribution in [0.5, 0.6) is 5.75 Å². The minimum atomic E-state index is 0.131. The number of benzene rings is 1. The van der Waals surface area contributed by atoms with Gasteiger partial charge in [-0.1, -0.05) is 5.16 Å². The lowest BCUT2D eigenvalue weighted by Gasteiger charge is -2.36. The first-order valence-electron chi connectivity index (χ1n) is 9.64. The molecule has 0 N–H and O–H groups in total. The van der Waals surface area contributed by atoms with Crippen LogP contribution in [0.25, 0.3) is 0 Å². The first-order chi connectivity index (χ1) is 13.0. The zero-order valence-corrected chi connectivity index (χ0v) is 16.3. The van der Waals surface area contributed by atoms with E-state index in [0.717, 1.165) is 55.4 Å². The van der Waals surface area contributed by atoms with Crippen molar-refractivity contribution in [1.29, 1.82) is 0 Å². The Morgan fingerprint density at radius 1 is 1.19 bits per heavy atom. The quantitative estimate of drug-likeness (QED) is 0.829. The smallest absolute Gasteiger partial charge is 0.254 e. The lowest BCUT2D eigenvalue weighted by atomic mass is 9.94. The predicted molar refractivity (Wildman–Crippen MR) is 102 cm³/mol. The number of carbonyl (C=O) groups is 1. The van der Waals surface area contributed by atoms with E-state index in [2.05, 4.69) is 15.0 Å². The van der Waals surface area contributed by atoms with Crippen molar-refractivity contribution in [3.05, 3.63) is 46.8 Å². The minimum absolute atomic E-state index is 0.131. The van der Waals surface area contributed by atoms with Gasteiger partial charge in [-0.2, -0.15) is 0 Å². The number of nitrogens with zero attached hydrogens (tertiary/aromatic N) is 3. The standard InChI is InChI=1S/C21H27N3O3/c1-14-20(15(2)27-22-14)13-23-10-16-4-7-18(12-23)24(11-16)21(25)17-5-8-19(26-3)9-6-17/h5-6,8-9,16,18H,4,7,10-13H2,1-3H3/t16-,18+/m0/s1. The van der Waals surface area contributed by atoms with Crippen LogP contribution in [-0.4, -0.2) is 53.6 Å². The van der Waals surface area contributed by atoms with Crippen LogP contribution in [0.15, 0.2) is 28.8 Å². The normalized spacial score (nSPS) is 22.7. The van der Waals surface area contributed by atoms with Gasteiger partial charge in [-0.05, 0) is 56.9 Å². The summed E-state index contributed by atoms with van der Waals surface area (Å²) >= 11 is 0. The highest BCUT2D eigenvalue weighted by Crippen LogP contribution is 2.31. The largest absolute Gasteiger partial charge is 0.497 e. The summed E-state index contributed by atoms with van der Waals surface area (Å²) in [6.07, 6.45) is 2.26. The zero-order valence-electron chi connectivity index (χ0n) is 16.3. The van der Waals surface area contributed by atoms with Crippen molar-refractivity contribution in [3.63, 3.8) is 0 Å². The van der Waals surface area contributed by atoms with Crippen molar-refractivity contribution in [2.45, 2.75) is 39.3 Å². The number of hydrogen-bond donors (Lipinski definition) is 0. The molecule has 6 heteroatoms. The molecular formula is C21H27N3O3. The molecule has 27 heavy (non-hydrogen) atoms. The summed E-state index contributed by atoms with van der Waals surface area (Å²) in [5.74, 6) is 2.32. The minimum Gasteiger partial charge on any atom is -0.497 e. The fourth-order valence-corrected chi connectivity index (χ4v) is 4.41. The summed E-state index contributed by atoms with van der Waals surface area (Å²) in [5, 5.41) is 4.08. The molecule has 1 aromatic heterocycles. The Bertz CT molecular complexity index is 795. The molecule has 3 fully saturated rings. The van der Waals surface area contributed by atoms with Crippen molar-refractivity contribution < 1.29 is 14.1 Å². The van der Waals surface area contributed by atoms with Crippen LogP contribution in [0.1, 0.15) is 40.2 Å². The van der Waals surface area contributed by atoms with Gasteiger partial charge in [0.15, 0.2) is 0 Å². The molecule has 0 unspecified atom stereocenters. The van der Waals surface area contributed by atoms with Crippen LogP contribution >= 0.6 is 0 Å². The number of carbonyl (C=O) groups excluding carboxylic acids is 1. The van der Waals surface area contributed by atoms with Crippen LogP contribution in [0, 0.1) is 19.8 Å². The van der Waals surface area contributed by atoms with E-state index in [0.29, 0.717) is 5.92 Å². The highest BCUT2D eigenvalue weighted by atomic mass is 16.5. The predicted octanol–water partition coefficient (Wildman–Crippen LogP) is 3.04. The summed E-state index contributed by atoms with van der Waals surface area (Å²) in [5.41, 5.74) is 2.89. The van der Waals surface area contributed by atoms with Gasteiger partial charge in [0.1, 0.15) is 11.5 Å². The van der Waals surface area contributed by atoms with Gasteiger partial charge in [-0.15, -0.1) is 0 Å². The highest BCUT2D eigenvalue weighted by molar-refractivity contribution is 5.94. The lowest BCUT2D eigenvalue weighted by molar-refractivity contribution is 0.0585. The van der Waals surface area contributed by atoms with Gasteiger partial charge in [-0.25, -0.2) is 0 Å². The van der Waals surface area contributed by atoms with Gasteiger partial charge in [0.2, 0.25) is 0 Å². The van der Waals surface area contributed by atoms with Crippen LogP contribution in [0.2, 0.25) is 0 Å². The number of aromatic nitrogens is 1. The van der Waals surface area contributed by atoms with Crippen LogP contribution < -0.4 is 4.74 Å². The lowest BCUT2D eigenvalue weighted by Crippen LogP contribution is -2.47. The molecule has 6 nitrogen and oxygen atoms in total. The van der Waals surface area contributed by atoms with E-state index >= 15 is 0 Å². The SMILES string of the molecule is COc1ccc(C(=O)N2C[C@H]3CC[C@@H]2CN(Cc2c(C)noc2C)C3)cc1. The topological polar surface area (TPSA) is 58.8 Å². The molecule has 2 aromatic rings. The number of hydrogen-bond acceptors (Lipinski definition) is 5. The molecule has 2 bridgehead atoms. The van der Waals surface area contributed by atoms with Gasteiger partial charge in [0, 0.05) is 43.3 Å². The number of ether oxygens (including phenoxy) is 1.